The van der Waals surface area contributed by atoms with E-state index in [-0.39, 0.29) is 30.2 Å². The van der Waals surface area contributed by atoms with E-state index in [0.717, 1.165) is 10.2 Å². The molecule has 20 heavy (non-hydrogen) atoms. The monoisotopic (exact) mass is 338 g/mol. The first kappa shape index (κ1) is 15.0. The maximum Gasteiger partial charge on any atom is 0.227 e. The lowest BCUT2D eigenvalue weighted by molar-refractivity contribution is -0.135. The van der Waals surface area contributed by atoms with Crippen molar-refractivity contribution in [2.75, 3.05) is 18.5 Å². The van der Waals surface area contributed by atoms with Crippen LogP contribution in [0.15, 0.2) is 28.7 Å². The summed E-state index contributed by atoms with van der Waals surface area (Å²) in [5.74, 6) is -0.197. The summed E-state index contributed by atoms with van der Waals surface area (Å²) < 4.78 is 0.874. The Hall–Kier alpha value is -1.36. The van der Waals surface area contributed by atoms with Crippen molar-refractivity contribution in [2.45, 2.75) is 26.3 Å². The Morgan fingerprint density at radius 3 is 2.65 bits per heavy atom. The van der Waals surface area contributed by atoms with Crippen molar-refractivity contribution >= 4 is 33.4 Å². The van der Waals surface area contributed by atoms with Crippen LogP contribution in [0.3, 0.4) is 0 Å². The predicted octanol–water partition coefficient (Wildman–Crippen LogP) is 2.67. The van der Waals surface area contributed by atoms with Crippen molar-refractivity contribution in [1.82, 2.24) is 4.90 Å². The van der Waals surface area contributed by atoms with Crippen LogP contribution in [0.1, 0.15) is 20.3 Å². The molecule has 0 radical (unpaired) electrons. The largest absolute Gasteiger partial charge is 0.343 e. The molecule has 0 aromatic heterocycles. The number of nitrogens with zero attached hydrogens (tertiary/aromatic N) is 2. The second-order valence-corrected chi connectivity index (χ2v) is 6.25. The normalized spacial score (nSPS) is 18.8. The molecule has 108 valence electrons. The van der Waals surface area contributed by atoms with Crippen LogP contribution in [-0.2, 0) is 9.59 Å². The third-order valence-electron chi connectivity index (χ3n) is 3.74. The van der Waals surface area contributed by atoms with E-state index in [4.69, 9.17) is 0 Å². The van der Waals surface area contributed by atoms with Gasteiger partial charge in [-0.05, 0) is 41.9 Å². The van der Waals surface area contributed by atoms with Crippen LogP contribution in [0.2, 0.25) is 0 Å². The molecule has 0 saturated carbocycles. The van der Waals surface area contributed by atoms with Gasteiger partial charge in [-0.25, -0.2) is 0 Å². The van der Waals surface area contributed by atoms with E-state index in [1.807, 2.05) is 38.1 Å². The number of benzene rings is 1. The van der Waals surface area contributed by atoms with Gasteiger partial charge in [0, 0.05) is 30.5 Å². The van der Waals surface area contributed by atoms with Gasteiger partial charge < -0.3 is 9.80 Å². The van der Waals surface area contributed by atoms with Gasteiger partial charge in [0.1, 0.15) is 0 Å². The highest BCUT2D eigenvalue weighted by molar-refractivity contribution is 9.10. The zero-order valence-electron chi connectivity index (χ0n) is 12.0. The number of para-hydroxylation sites is 1. The van der Waals surface area contributed by atoms with Crippen molar-refractivity contribution in [3.05, 3.63) is 28.7 Å². The van der Waals surface area contributed by atoms with Gasteiger partial charge in [-0.2, -0.15) is 0 Å². The Kier molecular flexibility index (Phi) is 4.48. The Morgan fingerprint density at radius 2 is 2.05 bits per heavy atom. The van der Waals surface area contributed by atoms with E-state index in [0.29, 0.717) is 6.54 Å². The second kappa shape index (κ2) is 5.95. The SMILES string of the molecule is CC(C)N(C)C(=O)[C@H]1CC(=O)N(c2ccccc2Br)C1. The molecule has 1 atom stereocenters. The molecule has 1 aromatic rings. The summed E-state index contributed by atoms with van der Waals surface area (Å²) in [6.07, 6.45) is 0.289. The maximum absolute atomic E-state index is 12.3. The summed E-state index contributed by atoms with van der Waals surface area (Å²) in [6.45, 7) is 4.40. The first-order valence-corrected chi connectivity index (χ1v) is 7.52. The molecular formula is C15H19BrN2O2. The lowest BCUT2D eigenvalue weighted by Crippen LogP contribution is -2.38. The van der Waals surface area contributed by atoms with Crippen LogP contribution in [0.25, 0.3) is 0 Å². The molecule has 2 rings (SSSR count). The van der Waals surface area contributed by atoms with E-state index < -0.39 is 0 Å². The average Bonchev–Trinajstić information content (AvgIpc) is 2.79. The fraction of sp³-hybridized carbons (Fsp3) is 0.467. The highest BCUT2D eigenvalue weighted by Crippen LogP contribution is 2.31. The Bertz CT molecular complexity index is 530. The van der Waals surface area contributed by atoms with Crippen molar-refractivity contribution in [2.24, 2.45) is 5.92 Å². The average molecular weight is 339 g/mol. The molecule has 2 amide bonds. The van der Waals surface area contributed by atoms with Crippen molar-refractivity contribution in [3.8, 4) is 0 Å². The van der Waals surface area contributed by atoms with Gasteiger partial charge >= 0.3 is 0 Å². The fourth-order valence-corrected chi connectivity index (χ4v) is 2.82. The van der Waals surface area contributed by atoms with Gasteiger partial charge in [-0.3, -0.25) is 9.59 Å². The molecular weight excluding hydrogens is 320 g/mol. The number of carbonyl (C=O) groups is 2. The zero-order chi connectivity index (χ0) is 14.9. The first-order valence-electron chi connectivity index (χ1n) is 6.73. The number of hydrogen-bond donors (Lipinski definition) is 0. The minimum absolute atomic E-state index is 0.00686. The number of anilines is 1. The van der Waals surface area contributed by atoms with E-state index in [1.165, 1.54) is 0 Å². The van der Waals surface area contributed by atoms with Crippen molar-refractivity contribution in [1.29, 1.82) is 0 Å². The fourth-order valence-electron chi connectivity index (χ4n) is 2.32. The van der Waals surface area contributed by atoms with Crippen LogP contribution in [0.4, 0.5) is 5.69 Å². The third-order valence-corrected chi connectivity index (χ3v) is 4.41. The van der Waals surface area contributed by atoms with Gasteiger partial charge in [0.15, 0.2) is 0 Å². The van der Waals surface area contributed by atoms with E-state index in [2.05, 4.69) is 15.9 Å². The van der Waals surface area contributed by atoms with E-state index in [1.54, 1.807) is 16.8 Å². The number of rotatable bonds is 3. The Labute approximate surface area is 127 Å². The van der Waals surface area contributed by atoms with Crippen LogP contribution in [-0.4, -0.2) is 36.3 Å². The molecule has 0 N–H and O–H groups in total. The summed E-state index contributed by atoms with van der Waals surface area (Å²) in [4.78, 5) is 27.9. The molecule has 0 bridgehead atoms. The molecule has 0 aliphatic carbocycles. The van der Waals surface area contributed by atoms with Crippen LogP contribution < -0.4 is 4.90 Å². The topological polar surface area (TPSA) is 40.6 Å². The van der Waals surface area contributed by atoms with Gasteiger partial charge in [0.2, 0.25) is 11.8 Å². The number of carbonyl (C=O) groups excluding carboxylic acids is 2. The summed E-state index contributed by atoms with van der Waals surface area (Å²) in [5.41, 5.74) is 0.833. The summed E-state index contributed by atoms with van der Waals surface area (Å²) in [6, 6.07) is 7.74. The van der Waals surface area contributed by atoms with Crippen molar-refractivity contribution < 1.29 is 9.59 Å². The van der Waals surface area contributed by atoms with E-state index in [9.17, 15) is 9.59 Å². The standard InChI is InChI=1S/C15H19BrN2O2/c1-10(2)17(3)15(20)11-8-14(19)18(9-11)13-7-5-4-6-12(13)16/h4-7,10-11H,8-9H2,1-3H3/t11-/m0/s1. The number of hydrogen-bond acceptors (Lipinski definition) is 2. The van der Waals surface area contributed by atoms with Crippen LogP contribution in [0, 0.1) is 5.92 Å². The second-order valence-electron chi connectivity index (χ2n) is 5.40. The van der Waals surface area contributed by atoms with Gasteiger partial charge in [-0.1, -0.05) is 12.1 Å². The first-order chi connectivity index (χ1) is 9.41. The summed E-state index contributed by atoms with van der Waals surface area (Å²) >= 11 is 3.45. The molecule has 1 aromatic carbocycles. The highest BCUT2D eigenvalue weighted by atomic mass is 79.9. The van der Waals surface area contributed by atoms with Crippen molar-refractivity contribution in [3.63, 3.8) is 0 Å². The van der Waals surface area contributed by atoms with E-state index >= 15 is 0 Å². The molecule has 0 spiro atoms. The van der Waals surface area contributed by atoms with Gasteiger partial charge in [-0.15, -0.1) is 0 Å². The highest BCUT2D eigenvalue weighted by Gasteiger charge is 2.37. The predicted molar refractivity (Wildman–Crippen MR) is 82.5 cm³/mol. The maximum atomic E-state index is 12.3. The van der Waals surface area contributed by atoms with Crippen LogP contribution in [0.5, 0.6) is 0 Å². The lowest BCUT2D eigenvalue weighted by Gasteiger charge is -2.25. The quantitative estimate of drug-likeness (QED) is 0.850. The third kappa shape index (κ3) is 2.87. The van der Waals surface area contributed by atoms with Crippen LogP contribution >= 0.6 is 15.9 Å². The smallest absolute Gasteiger partial charge is 0.227 e. The van der Waals surface area contributed by atoms with Gasteiger partial charge in [0.05, 0.1) is 11.6 Å². The molecule has 1 aliphatic rings. The minimum atomic E-state index is -0.248. The molecule has 0 unspecified atom stereocenters. The Balaban J connectivity index is 2.16. The molecule has 1 fully saturated rings. The number of amides is 2. The summed E-state index contributed by atoms with van der Waals surface area (Å²) in [5, 5.41) is 0. The molecule has 1 aliphatic heterocycles. The zero-order valence-corrected chi connectivity index (χ0v) is 13.6. The lowest BCUT2D eigenvalue weighted by atomic mass is 10.1. The molecule has 1 saturated heterocycles. The number of halogens is 1. The molecule has 1 heterocycles. The van der Waals surface area contributed by atoms with Gasteiger partial charge in [0.25, 0.3) is 0 Å². The minimum Gasteiger partial charge on any atom is -0.343 e. The molecule has 4 nitrogen and oxygen atoms in total. The Morgan fingerprint density at radius 1 is 1.40 bits per heavy atom. The summed E-state index contributed by atoms with van der Waals surface area (Å²) in [7, 11) is 1.79. The molecule has 5 heteroatoms.